The van der Waals surface area contributed by atoms with Crippen molar-refractivity contribution in [3.63, 3.8) is 0 Å². The Hall–Kier alpha value is -0.0800. The lowest BCUT2D eigenvalue weighted by Gasteiger charge is -2.36. The smallest absolute Gasteiger partial charge is 0.0277 e. The van der Waals surface area contributed by atoms with E-state index in [4.69, 9.17) is 0 Å². The van der Waals surface area contributed by atoms with Gasteiger partial charge in [-0.05, 0) is 50.6 Å². The minimum Gasteiger partial charge on any atom is -0.315 e. The second-order valence-corrected chi connectivity index (χ2v) is 6.73. The van der Waals surface area contributed by atoms with E-state index in [1.165, 1.54) is 25.8 Å². The highest BCUT2D eigenvalue weighted by Gasteiger charge is 2.26. The van der Waals surface area contributed by atoms with Gasteiger partial charge in [0.15, 0.2) is 0 Å². The normalized spacial score (nSPS) is 26.1. The van der Waals surface area contributed by atoms with Crippen LogP contribution in [0.4, 0.5) is 0 Å². The molecule has 0 aromatic heterocycles. The molecular weight excluding hydrogens is 208 g/mol. The molecule has 1 heterocycles. The van der Waals surface area contributed by atoms with Crippen molar-refractivity contribution < 1.29 is 0 Å². The van der Waals surface area contributed by atoms with Crippen molar-refractivity contribution in [1.29, 1.82) is 0 Å². The molecule has 1 aliphatic heterocycles. The van der Waals surface area contributed by atoms with Gasteiger partial charge in [-0.1, -0.05) is 34.1 Å². The number of hydrogen-bond acceptors (Lipinski definition) is 2. The van der Waals surface area contributed by atoms with Crippen molar-refractivity contribution in [2.24, 2.45) is 17.8 Å². The summed E-state index contributed by atoms with van der Waals surface area (Å²) in [5.41, 5.74) is 0.330. The predicted molar refractivity (Wildman–Crippen MR) is 76.3 cm³/mol. The largest absolute Gasteiger partial charge is 0.315 e. The minimum absolute atomic E-state index is 0.330. The molecule has 0 aromatic rings. The highest BCUT2D eigenvalue weighted by molar-refractivity contribution is 4.88. The monoisotopic (exact) mass is 240 g/mol. The highest BCUT2D eigenvalue weighted by Crippen LogP contribution is 2.21. The van der Waals surface area contributed by atoms with E-state index in [1.54, 1.807) is 0 Å². The average Bonchev–Trinajstić information content (AvgIpc) is 2.24. The average molecular weight is 240 g/mol. The Kier molecular flexibility index (Phi) is 5.94. The molecular formula is C15H32N2. The number of nitrogens with one attached hydrogen (secondary N) is 2. The summed E-state index contributed by atoms with van der Waals surface area (Å²) in [4.78, 5) is 0. The summed E-state index contributed by atoms with van der Waals surface area (Å²) < 4.78 is 0. The first-order valence-electron chi connectivity index (χ1n) is 7.40. The van der Waals surface area contributed by atoms with Gasteiger partial charge in [0, 0.05) is 12.1 Å². The lowest BCUT2D eigenvalue weighted by molar-refractivity contribution is 0.234. The molecule has 0 aromatic carbocycles. The molecule has 1 atom stereocenters. The van der Waals surface area contributed by atoms with Crippen molar-refractivity contribution >= 4 is 0 Å². The van der Waals surface area contributed by atoms with Crippen molar-refractivity contribution in [2.75, 3.05) is 19.6 Å². The Bertz CT molecular complexity index is 197. The molecule has 0 amide bonds. The molecule has 0 radical (unpaired) electrons. The van der Waals surface area contributed by atoms with Gasteiger partial charge in [-0.25, -0.2) is 0 Å². The summed E-state index contributed by atoms with van der Waals surface area (Å²) in [6.45, 7) is 15.2. The quantitative estimate of drug-likeness (QED) is 0.746. The molecule has 0 aliphatic carbocycles. The summed E-state index contributed by atoms with van der Waals surface area (Å²) in [5, 5.41) is 7.36. The van der Waals surface area contributed by atoms with Crippen LogP contribution in [0.5, 0.6) is 0 Å². The van der Waals surface area contributed by atoms with E-state index >= 15 is 0 Å². The van der Waals surface area contributed by atoms with Crippen LogP contribution in [-0.4, -0.2) is 25.2 Å². The van der Waals surface area contributed by atoms with Gasteiger partial charge in [0.25, 0.3) is 0 Å². The molecule has 1 unspecified atom stereocenters. The highest BCUT2D eigenvalue weighted by atomic mass is 15.0. The van der Waals surface area contributed by atoms with Crippen LogP contribution >= 0.6 is 0 Å². The van der Waals surface area contributed by atoms with Crippen LogP contribution in [0.1, 0.15) is 53.9 Å². The van der Waals surface area contributed by atoms with Crippen LogP contribution in [0.3, 0.4) is 0 Å². The van der Waals surface area contributed by atoms with Crippen LogP contribution in [-0.2, 0) is 0 Å². The van der Waals surface area contributed by atoms with E-state index in [9.17, 15) is 0 Å². The minimum atomic E-state index is 0.330. The van der Waals surface area contributed by atoms with Gasteiger partial charge in [0.05, 0.1) is 0 Å². The molecule has 1 fully saturated rings. The Labute approximate surface area is 108 Å². The van der Waals surface area contributed by atoms with Crippen molar-refractivity contribution in [3.8, 4) is 0 Å². The van der Waals surface area contributed by atoms with Gasteiger partial charge in [0.2, 0.25) is 0 Å². The maximum Gasteiger partial charge on any atom is 0.0277 e. The fourth-order valence-corrected chi connectivity index (χ4v) is 3.03. The van der Waals surface area contributed by atoms with Gasteiger partial charge in [-0.2, -0.15) is 0 Å². The number of rotatable bonds is 6. The summed E-state index contributed by atoms with van der Waals surface area (Å²) in [6.07, 6.45) is 4.03. The molecule has 0 bridgehead atoms. The third kappa shape index (κ3) is 4.97. The molecule has 2 heteroatoms. The van der Waals surface area contributed by atoms with Crippen LogP contribution < -0.4 is 10.6 Å². The molecule has 0 saturated carbocycles. The first kappa shape index (κ1) is 15.0. The first-order chi connectivity index (χ1) is 7.94. The molecule has 0 spiro atoms. The standard InChI is InChI=1S/C15H32N2/c1-12(2)14(13(3)4)10-16-11-15(5)8-6-7-9-17-15/h12-14,16-17H,6-11H2,1-5H3. The number of hydrogen-bond donors (Lipinski definition) is 2. The second kappa shape index (κ2) is 6.75. The van der Waals surface area contributed by atoms with E-state index in [2.05, 4.69) is 45.3 Å². The molecule has 2 nitrogen and oxygen atoms in total. The molecule has 1 saturated heterocycles. The van der Waals surface area contributed by atoms with E-state index in [0.29, 0.717) is 5.54 Å². The third-order valence-electron chi connectivity index (χ3n) is 4.31. The summed E-state index contributed by atoms with van der Waals surface area (Å²) >= 11 is 0. The zero-order valence-electron chi connectivity index (χ0n) is 12.5. The summed E-state index contributed by atoms with van der Waals surface area (Å²) in [7, 11) is 0. The Morgan fingerprint density at radius 3 is 2.24 bits per heavy atom. The summed E-state index contributed by atoms with van der Waals surface area (Å²) in [5.74, 6) is 2.34. The van der Waals surface area contributed by atoms with Gasteiger partial charge < -0.3 is 10.6 Å². The van der Waals surface area contributed by atoms with E-state index in [-0.39, 0.29) is 0 Å². The Balaban J connectivity index is 2.30. The van der Waals surface area contributed by atoms with Gasteiger partial charge >= 0.3 is 0 Å². The Morgan fingerprint density at radius 2 is 1.76 bits per heavy atom. The van der Waals surface area contributed by atoms with E-state index in [0.717, 1.165) is 30.8 Å². The molecule has 1 aliphatic rings. The SMILES string of the molecule is CC(C)C(CNCC1(C)CCCCN1)C(C)C. The second-order valence-electron chi connectivity index (χ2n) is 6.73. The van der Waals surface area contributed by atoms with Crippen molar-refractivity contribution in [1.82, 2.24) is 10.6 Å². The topological polar surface area (TPSA) is 24.1 Å². The Morgan fingerprint density at radius 1 is 1.12 bits per heavy atom. The first-order valence-corrected chi connectivity index (χ1v) is 7.40. The van der Waals surface area contributed by atoms with Crippen LogP contribution in [0, 0.1) is 17.8 Å². The van der Waals surface area contributed by atoms with Crippen LogP contribution in [0.15, 0.2) is 0 Å². The molecule has 1 rings (SSSR count). The van der Waals surface area contributed by atoms with Crippen molar-refractivity contribution in [3.05, 3.63) is 0 Å². The summed E-state index contributed by atoms with van der Waals surface area (Å²) in [6, 6.07) is 0. The lowest BCUT2D eigenvalue weighted by atomic mass is 9.85. The van der Waals surface area contributed by atoms with E-state index in [1.807, 2.05) is 0 Å². The fourth-order valence-electron chi connectivity index (χ4n) is 3.03. The fraction of sp³-hybridized carbons (Fsp3) is 1.00. The third-order valence-corrected chi connectivity index (χ3v) is 4.31. The number of piperidine rings is 1. The lowest BCUT2D eigenvalue weighted by Crippen LogP contribution is -2.53. The molecule has 17 heavy (non-hydrogen) atoms. The van der Waals surface area contributed by atoms with Gasteiger partial charge in [-0.15, -0.1) is 0 Å². The molecule has 2 N–H and O–H groups in total. The van der Waals surface area contributed by atoms with Gasteiger partial charge in [0.1, 0.15) is 0 Å². The maximum atomic E-state index is 3.70. The van der Waals surface area contributed by atoms with E-state index < -0.39 is 0 Å². The van der Waals surface area contributed by atoms with Crippen LogP contribution in [0.25, 0.3) is 0 Å². The maximum absolute atomic E-state index is 3.70. The zero-order chi connectivity index (χ0) is 12.9. The van der Waals surface area contributed by atoms with Crippen LogP contribution in [0.2, 0.25) is 0 Å². The zero-order valence-corrected chi connectivity index (χ0v) is 12.5. The van der Waals surface area contributed by atoms with Crippen molar-refractivity contribution in [2.45, 2.75) is 59.4 Å². The molecule has 102 valence electrons. The van der Waals surface area contributed by atoms with Gasteiger partial charge in [-0.3, -0.25) is 0 Å². The predicted octanol–water partition coefficient (Wildman–Crippen LogP) is 3.04.